The Morgan fingerprint density at radius 3 is 2.05 bits per heavy atom. The number of likely N-dealkylation sites (tertiary alicyclic amines) is 1. The smallest absolute Gasteiger partial charge is 0.330 e. The lowest BCUT2D eigenvalue weighted by atomic mass is 9.74. The molecule has 2 N–H and O–H groups in total. The predicted octanol–water partition coefficient (Wildman–Crippen LogP) is 6.99. The summed E-state index contributed by atoms with van der Waals surface area (Å²) in [5.74, 6) is -3.60. The Kier molecular flexibility index (Phi) is 7.66. The molecular formula is C32H29N3O6S. The van der Waals surface area contributed by atoms with Gasteiger partial charge in [0.1, 0.15) is 5.54 Å². The second-order valence-electron chi connectivity index (χ2n) is 10.7. The second-order valence-corrected chi connectivity index (χ2v) is 11.6. The van der Waals surface area contributed by atoms with E-state index in [-0.39, 0.29) is 11.3 Å². The molecular weight excluding hydrogens is 554 g/mol. The Balaban J connectivity index is 1.72. The number of carbonyl (C=O) groups excluding carboxylic acids is 2. The van der Waals surface area contributed by atoms with Gasteiger partial charge in [0.2, 0.25) is 0 Å². The molecule has 214 valence electrons. The summed E-state index contributed by atoms with van der Waals surface area (Å²) in [4.78, 5) is 54.6. The summed E-state index contributed by atoms with van der Waals surface area (Å²) in [5.41, 5.74) is 1.23. The minimum absolute atomic E-state index is 0.169. The lowest BCUT2D eigenvalue weighted by Crippen LogP contribution is -2.55. The van der Waals surface area contributed by atoms with Crippen LogP contribution in [0.4, 0.5) is 16.2 Å². The normalized spacial score (nSPS) is 21.6. The van der Waals surface area contributed by atoms with Gasteiger partial charge in [0, 0.05) is 34.2 Å². The van der Waals surface area contributed by atoms with Crippen LogP contribution in [0.3, 0.4) is 0 Å². The molecule has 1 fully saturated rings. The van der Waals surface area contributed by atoms with Gasteiger partial charge in [0.05, 0.1) is 16.9 Å². The third kappa shape index (κ3) is 5.05. The molecule has 3 aromatic carbocycles. The van der Waals surface area contributed by atoms with E-state index in [0.29, 0.717) is 16.1 Å². The maximum Gasteiger partial charge on any atom is 0.330 e. The van der Waals surface area contributed by atoms with Crippen LogP contribution in [0.5, 0.6) is 0 Å². The molecule has 0 radical (unpaired) electrons. The number of aryl methyl sites for hydroxylation is 2. The van der Waals surface area contributed by atoms with Crippen molar-refractivity contribution in [3.05, 3.63) is 128 Å². The van der Waals surface area contributed by atoms with Gasteiger partial charge < -0.3 is 10.4 Å². The van der Waals surface area contributed by atoms with Crippen molar-refractivity contribution in [2.45, 2.75) is 38.3 Å². The monoisotopic (exact) mass is 583 g/mol. The summed E-state index contributed by atoms with van der Waals surface area (Å²) >= 11 is 1.32. The Morgan fingerprint density at radius 1 is 0.929 bits per heavy atom. The highest BCUT2D eigenvalue weighted by atomic mass is 32.1. The molecule has 2 heterocycles. The molecule has 2 amide bonds. The number of Topliss-reactive ketones (excluding diaryl/α,β-unsaturated/α-hetero) is 1. The van der Waals surface area contributed by atoms with Gasteiger partial charge in [0.25, 0.3) is 5.69 Å². The van der Waals surface area contributed by atoms with Gasteiger partial charge in [-0.3, -0.25) is 19.8 Å². The molecule has 4 atom stereocenters. The summed E-state index contributed by atoms with van der Waals surface area (Å²) in [6.45, 7) is 5.31. The van der Waals surface area contributed by atoms with Gasteiger partial charge in [-0.2, -0.15) is 0 Å². The van der Waals surface area contributed by atoms with E-state index >= 15 is 0 Å². The molecule has 4 aromatic rings. The van der Waals surface area contributed by atoms with E-state index in [4.69, 9.17) is 0 Å². The van der Waals surface area contributed by atoms with Crippen LogP contribution in [0.25, 0.3) is 0 Å². The van der Waals surface area contributed by atoms with Crippen LogP contribution in [-0.4, -0.2) is 38.3 Å². The minimum atomic E-state index is -1.84. The Morgan fingerprint density at radius 2 is 1.52 bits per heavy atom. The van der Waals surface area contributed by atoms with E-state index in [1.54, 1.807) is 41.8 Å². The molecule has 9 nitrogen and oxygen atoms in total. The van der Waals surface area contributed by atoms with E-state index in [2.05, 4.69) is 5.32 Å². The van der Waals surface area contributed by atoms with E-state index in [9.17, 15) is 29.6 Å². The standard InChI is InChI=1S/C32H29N3O6S/c1-19-6-10-21(11-7-19)28-26(29(36)22-12-16-24(17-13-22)35(40)41)27(25-5-4-18-42-25)32(3,30(37)38)34(28)31(39)33-23-14-8-20(2)9-15-23/h4-18,26-28H,1-3H3,(H,33,39)(H,37,38). The first kappa shape index (κ1) is 28.7. The largest absolute Gasteiger partial charge is 0.479 e. The molecule has 1 aliphatic rings. The molecule has 0 bridgehead atoms. The zero-order valence-corrected chi connectivity index (χ0v) is 24.0. The van der Waals surface area contributed by atoms with E-state index in [1.807, 2.05) is 38.1 Å². The fourth-order valence-electron chi connectivity index (χ4n) is 5.80. The van der Waals surface area contributed by atoms with Crippen molar-refractivity contribution in [3.8, 4) is 0 Å². The molecule has 42 heavy (non-hydrogen) atoms. The number of anilines is 1. The van der Waals surface area contributed by atoms with Crippen LogP contribution in [0.15, 0.2) is 90.3 Å². The summed E-state index contributed by atoms with van der Waals surface area (Å²) in [7, 11) is 0. The van der Waals surface area contributed by atoms with Crippen molar-refractivity contribution >= 4 is 40.5 Å². The summed E-state index contributed by atoms with van der Waals surface area (Å²) in [6, 6.07) is 21.7. The minimum Gasteiger partial charge on any atom is -0.479 e. The average molecular weight is 584 g/mol. The van der Waals surface area contributed by atoms with Crippen LogP contribution in [-0.2, 0) is 4.79 Å². The predicted molar refractivity (Wildman–Crippen MR) is 160 cm³/mol. The third-order valence-electron chi connectivity index (χ3n) is 7.97. The molecule has 5 rings (SSSR count). The highest BCUT2D eigenvalue weighted by Crippen LogP contribution is 2.57. The van der Waals surface area contributed by atoms with Crippen molar-refractivity contribution < 1.29 is 24.4 Å². The second kappa shape index (κ2) is 11.2. The molecule has 1 aliphatic heterocycles. The summed E-state index contributed by atoms with van der Waals surface area (Å²) < 4.78 is 0. The lowest BCUT2D eigenvalue weighted by Gasteiger charge is -2.37. The summed E-state index contributed by atoms with van der Waals surface area (Å²) in [6.07, 6.45) is 0. The van der Waals surface area contributed by atoms with E-state index < -0.39 is 46.1 Å². The van der Waals surface area contributed by atoms with Gasteiger partial charge in [-0.25, -0.2) is 9.59 Å². The molecule has 0 saturated carbocycles. The van der Waals surface area contributed by atoms with Crippen LogP contribution in [0.2, 0.25) is 0 Å². The van der Waals surface area contributed by atoms with Gasteiger partial charge in [-0.05, 0) is 62.0 Å². The summed E-state index contributed by atoms with van der Waals surface area (Å²) in [5, 5.41) is 26.8. The number of carbonyl (C=O) groups is 3. The molecule has 1 saturated heterocycles. The molecule has 0 spiro atoms. The maximum atomic E-state index is 14.4. The zero-order valence-electron chi connectivity index (χ0n) is 23.2. The maximum absolute atomic E-state index is 14.4. The first-order valence-corrected chi connectivity index (χ1v) is 14.2. The highest BCUT2D eigenvalue weighted by Gasteiger charge is 2.65. The number of rotatable bonds is 7. The third-order valence-corrected chi connectivity index (χ3v) is 8.93. The number of amides is 2. The highest BCUT2D eigenvalue weighted by molar-refractivity contribution is 7.10. The Bertz CT molecular complexity index is 1640. The number of non-ortho nitro benzene ring substituents is 1. The number of aliphatic carboxylic acids is 1. The number of nitro benzene ring substituents is 1. The first-order valence-electron chi connectivity index (χ1n) is 13.3. The number of nitrogens with one attached hydrogen (secondary N) is 1. The topological polar surface area (TPSA) is 130 Å². The SMILES string of the molecule is Cc1ccc(NC(=O)N2C(c3ccc(C)cc3)C(C(=O)c3ccc([N+](=O)[O-])cc3)C(c3cccs3)C2(C)C(=O)O)cc1. The number of urea groups is 1. The number of hydrogen-bond donors (Lipinski definition) is 2. The zero-order chi connectivity index (χ0) is 30.2. The quantitative estimate of drug-likeness (QED) is 0.137. The van der Waals surface area contributed by atoms with Gasteiger partial charge in [0.15, 0.2) is 5.78 Å². The van der Waals surface area contributed by atoms with Crippen molar-refractivity contribution in [1.29, 1.82) is 0 Å². The molecule has 1 aromatic heterocycles. The van der Waals surface area contributed by atoms with E-state index in [0.717, 1.165) is 11.1 Å². The Labute approximate surface area is 246 Å². The van der Waals surface area contributed by atoms with Crippen molar-refractivity contribution in [2.75, 3.05) is 5.32 Å². The van der Waals surface area contributed by atoms with Crippen molar-refractivity contribution in [1.82, 2.24) is 4.90 Å². The number of carboxylic acids is 1. The van der Waals surface area contributed by atoms with Crippen LogP contribution < -0.4 is 5.32 Å². The average Bonchev–Trinajstić information content (AvgIpc) is 3.59. The van der Waals surface area contributed by atoms with Gasteiger partial charge >= 0.3 is 12.0 Å². The molecule has 0 aliphatic carbocycles. The van der Waals surface area contributed by atoms with E-state index in [1.165, 1.54) is 47.4 Å². The number of nitrogens with zero attached hydrogens (tertiary/aromatic N) is 2. The van der Waals surface area contributed by atoms with Gasteiger partial charge in [-0.1, -0.05) is 53.6 Å². The number of hydrogen-bond acceptors (Lipinski definition) is 6. The fraction of sp³-hybridized carbons (Fsp3) is 0.219. The number of benzene rings is 3. The number of nitro groups is 1. The number of thiophene rings is 1. The number of ketones is 1. The first-order chi connectivity index (χ1) is 20.0. The molecule has 10 heteroatoms. The Hall–Kier alpha value is -4.83. The number of carboxylic acid groups (broad SMARTS) is 1. The fourth-order valence-corrected chi connectivity index (χ4v) is 6.80. The molecule has 4 unspecified atom stereocenters. The lowest BCUT2D eigenvalue weighted by molar-refractivity contribution is -0.384. The van der Waals surface area contributed by atoms with Crippen LogP contribution in [0.1, 0.15) is 50.8 Å². The van der Waals surface area contributed by atoms with Crippen molar-refractivity contribution in [2.24, 2.45) is 5.92 Å². The van der Waals surface area contributed by atoms with Crippen LogP contribution >= 0.6 is 11.3 Å². The van der Waals surface area contributed by atoms with Gasteiger partial charge in [-0.15, -0.1) is 11.3 Å². The van der Waals surface area contributed by atoms with Crippen LogP contribution in [0, 0.1) is 29.9 Å². The van der Waals surface area contributed by atoms with Crippen molar-refractivity contribution in [3.63, 3.8) is 0 Å².